The smallest absolute Gasteiger partial charge is 0.293 e. The number of carbonyl (C=O) groups excluding carboxylic acids is 1. The minimum Gasteiger partial charge on any atom is -0.314 e. The molecule has 1 heterocycles. The maximum Gasteiger partial charge on any atom is 0.293 e. The molecule has 0 spiro atoms. The first-order valence-corrected chi connectivity index (χ1v) is 3.96. The van der Waals surface area contributed by atoms with Crippen LogP contribution in [0.15, 0.2) is 17.2 Å². The average molecular weight is 181 g/mol. The van der Waals surface area contributed by atoms with E-state index in [-0.39, 0.29) is 17.3 Å². The number of hydrogen-bond acceptors (Lipinski definition) is 3. The molecular weight excluding hydrogens is 170 g/mol. The lowest BCUT2D eigenvalue weighted by atomic mass is 10.4. The first kappa shape index (κ1) is 9.44. The molecule has 0 saturated carbocycles. The first-order chi connectivity index (χ1) is 6.15. The Hall–Kier alpha value is -1.65. The molecule has 0 saturated heterocycles. The van der Waals surface area contributed by atoms with Crippen LogP contribution in [0.2, 0.25) is 0 Å². The van der Waals surface area contributed by atoms with Crippen LogP contribution < -0.4 is 10.9 Å². The maximum atomic E-state index is 11.3. The van der Waals surface area contributed by atoms with Crippen LogP contribution in [0.4, 0.5) is 5.82 Å². The highest BCUT2D eigenvalue weighted by atomic mass is 16.2. The van der Waals surface area contributed by atoms with Crippen LogP contribution in [0.25, 0.3) is 0 Å². The predicted octanol–water partition coefficient (Wildman–Crippen LogP) is 0.129. The molecule has 5 nitrogen and oxygen atoms in total. The summed E-state index contributed by atoms with van der Waals surface area (Å²) in [5.74, 6) is -0.132. The van der Waals surface area contributed by atoms with E-state index in [0.29, 0.717) is 6.42 Å². The largest absolute Gasteiger partial charge is 0.314 e. The minimum absolute atomic E-state index is 0.0804. The van der Waals surface area contributed by atoms with Crippen molar-refractivity contribution in [3.8, 4) is 0 Å². The number of hydrogen-bond donors (Lipinski definition) is 1. The van der Waals surface area contributed by atoms with Crippen molar-refractivity contribution >= 4 is 11.7 Å². The first-order valence-electron chi connectivity index (χ1n) is 3.96. The standard InChI is InChI=1S/C8H11N3O2/c1-3-6(12)10-7-8(13)11(2)5-4-9-7/h4-5H,3H2,1-2H3,(H,9,10,12). The molecule has 1 amide bonds. The van der Waals surface area contributed by atoms with Gasteiger partial charge in [0.05, 0.1) is 0 Å². The summed E-state index contributed by atoms with van der Waals surface area (Å²) in [5.41, 5.74) is -0.302. The van der Waals surface area contributed by atoms with Crippen molar-refractivity contribution in [1.29, 1.82) is 0 Å². The lowest BCUT2D eigenvalue weighted by molar-refractivity contribution is -0.115. The molecule has 0 bridgehead atoms. The van der Waals surface area contributed by atoms with E-state index in [1.165, 1.54) is 17.0 Å². The number of amides is 1. The summed E-state index contributed by atoms with van der Waals surface area (Å²) < 4.78 is 1.36. The zero-order valence-electron chi connectivity index (χ0n) is 7.57. The molecule has 13 heavy (non-hydrogen) atoms. The van der Waals surface area contributed by atoms with Crippen LogP contribution in [-0.4, -0.2) is 15.5 Å². The predicted molar refractivity (Wildman–Crippen MR) is 48.4 cm³/mol. The molecule has 0 radical (unpaired) electrons. The lowest BCUT2D eigenvalue weighted by Crippen LogP contribution is -2.24. The third-order valence-corrected chi connectivity index (χ3v) is 1.60. The van der Waals surface area contributed by atoms with Gasteiger partial charge in [-0.05, 0) is 0 Å². The summed E-state index contributed by atoms with van der Waals surface area (Å²) >= 11 is 0. The van der Waals surface area contributed by atoms with Crippen molar-refractivity contribution in [2.45, 2.75) is 13.3 Å². The van der Waals surface area contributed by atoms with Gasteiger partial charge >= 0.3 is 0 Å². The molecule has 5 heteroatoms. The van der Waals surface area contributed by atoms with Crippen molar-refractivity contribution in [3.63, 3.8) is 0 Å². The molecule has 0 fully saturated rings. The van der Waals surface area contributed by atoms with E-state index in [4.69, 9.17) is 0 Å². The Morgan fingerprint density at radius 3 is 3.00 bits per heavy atom. The molecule has 0 atom stereocenters. The Balaban J connectivity index is 2.96. The number of aryl methyl sites for hydroxylation is 1. The summed E-state index contributed by atoms with van der Waals surface area (Å²) in [6.45, 7) is 1.71. The molecular formula is C8H11N3O2. The summed E-state index contributed by atoms with van der Waals surface area (Å²) in [5, 5.41) is 2.42. The van der Waals surface area contributed by atoms with E-state index in [1.54, 1.807) is 14.0 Å². The second-order valence-corrected chi connectivity index (χ2v) is 2.59. The van der Waals surface area contributed by atoms with Gasteiger partial charge in [-0.25, -0.2) is 4.98 Å². The van der Waals surface area contributed by atoms with Gasteiger partial charge < -0.3 is 9.88 Å². The summed E-state index contributed by atoms with van der Waals surface area (Å²) in [6.07, 6.45) is 3.33. The topological polar surface area (TPSA) is 64.0 Å². The van der Waals surface area contributed by atoms with Crippen LogP contribution in [0.1, 0.15) is 13.3 Å². The Morgan fingerprint density at radius 2 is 2.38 bits per heavy atom. The molecule has 0 aliphatic heterocycles. The van der Waals surface area contributed by atoms with E-state index >= 15 is 0 Å². The molecule has 1 rings (SSSR count). The van der Waals surface area contributed by atoms with Crippen LogP contribution in [0.3, 0.4) is 0 Å². The number of nitrogens with one attached hydrogen (secondary N) is 1. The van der Waals surface area contributed by atoms with Crippen LogP contribution in [0, 0.1) is 0 Å². The fourth-order valence-electron chi connectivity index (χ4n) is 0.804. The quantitative estimate of drug-likeness (QED) is 0.705. The Kier molecular flexibility index (Phi) is 2.79. The Bertz CT molecular complexity index is 370. The third kappa shape index (κ3) is 2.14. The molecule has 0 unspecified atom stereocenters. The zero-order chi connectivity index (χ0) is 9.84. The number of rotatable bonds is 2. The van der Waals surface area contributed by atoms with Gasteiger partial charge in [-0.1, -0.05) is 6.92 Å². The van der Waals surface area contributed by atoms with Crippen molar-refractivity contribution in [1.82, 2.24) is 9.55 Å². The van der Waals surface area contributed by atoms with E-state index in [1.807, 2.05) is 0 Å². The number of aromatic nitrogens is 2. The number of anilines is 1. The van der Waals surface area contributed by atoms with Gasteiger partial charge in [0.15, 0.2) is 5.82 Å². The van der Waals surface area contributed by atoms with Crippen molar-refractivity contribution in [2.24, 2.45) is 7.05 Å². The normalized spacial score (nSPS) is 9.69. The van der Waals surface area contributed by atoms with Gasteiger partial charge in [-0.3, -0.25) is 9.59 Å². The van der Waals surface area contributed by atoms with E-state index < -0.39 is 0 Å². The van der Waals surface area contributed by atoms with E-state index in [2.05, 4.69) is 10.3 Å². The van der Waals surface area contributed by atoms with Crippen molar-refractivity contribution < 1.29 is 4.79 Å². The second-order valence-electron chi connectivity index (χ2n) is 2.59. The Morgan fingerprint density at radius 1 is 1.69 bits per heavy atom. The zero-order valence-corrected chi connectivity index (χ0v) is 7.57. The molecule has 70 valence electrons. The lowest BCUT2D eigenvalue weighted by Gasteiger charge is -2.02. The average Bonchev–Trinajstić information content (AvgIpc) is 2.13. The molecule has 0 aliphatic rings. The minimum atomic E-state index is -0.302. The van der Waals surface area contributed by atoms with Gasteiger partial charge in [0.1, 0.15) is 0 Å². The Labute approximate surface area is 75.4 Å². The summed E-state index contributed by atoms with van der Waals surface area (Å²) in [6, 6.07) is 0. The highest BCUT2D eigenvalue weighted by Gasteiger charge is 2.04. The second kappa shape index (κ2) is 3.84. The van der Waals surface area contributed by atoms with Gasteiger partial charge in [0.2, 0.25) is 5.91 Å². The maximum absolute atomic E-state index is 11.3. The highest BCUT2D eigenvalue weighted by Crippen LogP contribution is 1.92. The SMILES string of the molecule is CCC(=O)Nc1nccn(C)c1=O. The van der Waals surface area contributed by atoms with Crippen molar-refractivity contribution in [2.75, 3.05) is 5.32 Å². The number of nitrogens with zero attached hydrogens (tertiary/aromatic N) is 2. The van der Waals surface area contributed by atoms with Gasteiger partial charge in [0, 0.05) is 25.9 Å². The summed E-state index contributed by atoms with van der Waals surface area (Å²) in [4.78, 5) is 26.0. The molecule has 1 aromatic heterocycles. The van der Waals surface area contributed by atoms with Crippen molar-refractivity contribution in [3.05, 3.63) is 22.7 Å². The highest BCUT2D eigenvalue weighted by molar-refractivity contribution is 5.89. The van der Waals surface area contributed by atoms with Gasteiger partial charge in [-0.15, -0.1) is 0 Å². The van der Waals surface area contributed by atoms with Crippen LogP contribution in [0.5, 0.6) is 0 Å². The third-order valence-electron chi connectivity index (χ3n) is 1.60. The monoisotopic (exact) mass is 181 g/mol. The molecule has 0 aliphatic carbocycles. The molecule has 1 N–H and O–H groups in total. The van der Waals surface area contributed by atoms with Gasteiger partial charge in [-0.2, -0.15) is 0 Å². The fourth-order valence-corrected chi connectivity index (χ4v) is 0.804. The van der Waals surface area contributed by atoms with Gasteiger partial charge in [0.25, 0.3) is 5.56 Å². The number of carbonyl (C=O) groups is 1. The molecule has 0 aromatic carbocycles. The summed E-state index contributed by atoms with van der Waals surface area (Å²) in [7, 11) is 1.60. The molecule has 1 aromatic rings. The van der Waals surface area contributed by atoms with E-state index in [9.17, 15) is 9.59 Å². The fraction of sp³-hybridized carbons (Fsp3) is 0.375. The van der Waals surface area contributed by atoms with Crippen LogP contribution in [-0.2, 0) is 11.8 Å². The van der Waals surface area contributed by atoms with E-state index in [0.717, 1.165) is 0 Å². The van der Waals surface area contributed by atoms with Crippen LogP contribution >= 0.6 is 0 Å².